The quantitative estimate of drug-likeness (QED) is 0.755. The van der Waals surface area contributed by atoms with Crippen LogP contribution in [0.2, 0.25) is 0 Å². The summed E-state index contributed by atoms with van der Waals surface area (Å²) >= 11 is 5.70. The van der Waals surface area contributed by atoms with Crippen LogP contribution in [0.15, 0.2) is 44.4 Å². The van der Waals surface area contributed by atoms with Gasteiger partial charge in [-0.05, 0) is 39.5 Å². The maximum atomic E-state index is 12.2. The number of nitrogens with one attached hydrogen (secondary N) is 1. The zero-order chi connectivity index (χ0) is 13.5. The van der Waals surface area contributed by atoms with E-state index in [0.717, 1.165) is 21.6 Å². The Kier molecular flexibility index (Phi) is 3.34. The van der Waals surface area contributed by atoms with Gasteiger partial charge in [-0.25, -0.2) is 13.4 Å². The molecule has 3 rings (SSSR count). The second kappa shape index (κ2) is 4.86. The van der Waals surface area contributed by atoms with Gasteiger partial charge in [0, 0.05) is 4.47 Å². The second-order valence-electron chi connectivity index (χ2n) is 3.65. The SMILES string of the molecule is O=S(=O)(Nc1nc2ccccc2s1)c1sccc1Br. The highest BCUT2D eigenvalue weighted by atomic mass is 79.9. The number of nitrogens with zero attached hydrogens (tertiary/aromatic N) is 1. The Labute approximate surface area is 126 Å². The van der Waals surface area contributed by atoms with Gasteiger partial charge in [0.05, 0.1) is 10.2 Å². The number of thiophene rings is 1. The molecule has 2 aromatic heterocycles. The van der Waals surface area contributed by atoms with Crippen LogP contribution in [-0.2, 0) is 10.0 Å². The van der Waals surface area contributed by atoms with E-state index < -0.39 is 10.0 Å². The lowest BCUT2D eigenvalue weighted by Crippen LogP contribution is -2.11. The number of aromatic nitrogens is 1. The van der Waals surface area contributed by atoms with Gasteiger partial charge in [0.1, 0.15) is 0 Å². The first-order chi connectivity index (χ1) is 9.06. The molecule has 19 heavy (non-hydrogen) atoms. The minimum absolute atomic E-state index is 0.256. The number of thiazole rings is 1. The summed E-state index contributed by atoms with van der Waals surface area (Å²) in [6.07, 6.45) is 0. The van der Waals surface area contributed by atoms with Crippen LogP contribution in [0.5, 0.6) is 0 Å². The topological polar surface area (TPSA) is 59.1 Å². The van der Waals surface area contributed by atoms with Crippen LogP contribution in [0.3, 0.4) is 0 Å². The third-order valence-corrected chi connectivity index (χ3v) is 7.43. The number of sulfonamides is 1. The largest absolute Gasteiger partial charge is 0.274 e. The molecule has 0 bridgehead atoms. The van der Waals surface area contributed by atoms with E-state index in [-0.39, 0.29) is 4.21 Å². The van der Waals surface area contributed by atoms with Crippen molar-refractivity contribution in [2.45, 2.75) is 4.21 Å². The van der Waals surface area contributed by atoms with Crippen LogP contribution in [0.25, 0.3) is 10.2 Å². The highest BCUT2D eigenvalue weighted by molar-refractivity contribution is 9.10. The summed E-state index contributed by atoms with van der Waals surface area (Å²) in [6, 6.07) is 9.24. The van der Waals surface area contributed by atoms with Crippen molar-refractivity contribution in [1.82, 2.24) is 4.98 Å². The van der Waals surface area contributed by atoms with Crippen LogP contribution < -0.4 is 4.72 Å². The summed E-state index contributed by atoms with van der Waals surface area (Å²) in [4.78, 5) is 4.26. The molecular formula is C11H7BrN2O2S3. The highest BCUT2D eigenvalue weighted by Crippen LogP contribution is 2.31. The molecule has 4 nitrogen and oxygen atoms in total. The zero-order valence-electron chi connectivity index (χ0n) is 9.33. The van der Waals surface area contributed by atoms with E-state index in [1.165, 1.54) is 11.3 Å². The average molecular weight is 375 g/mol. The van der Waals surface area contributed by atoms with Gasteiger partial charge in [0.25, 0.3) is 10.0 Å². The number of rotatable bonds is 3. The van der Waals surface area contributed by atoms with Gasteiger partial charge >= 0.3 is 0 Å². The lowest BCUT2D eigenvalue weighted by atomic mass is 10.3. The predicted molar refractivity (Wildman–Crippen MR) is 82.4 cm³/mol. The average Bonchev–Trinajstić information content (AvgIpc) is 2.93. The van der Waals surface area contributed by atoms with Crippen LogP contribution in [0.1, 0.15) is 0 Å². The molecule has 2 heterocycles. The van der Waals surface area contributed by atoms with E-state index in [0.29, 0.717) is 9.60 Å². The monoisotopic (exact) mass is 374 g/mol. The first-order valence-electron chi connectivity index (χ1n) is 5.18. The first kappa shape index (κ1) is 13.0. The molecule has 1 N–H and O–H groups in total. The zero-order valence-corrected chi connectivity index (χ0v) is 13.4. The number of para-hydroxylation sites is 1. The molecular weight excluding hydrogens is 368 g/mol. The number of fused-ring (bicyclic) bond motifs is 1. The Bertz CT molecular complexity index is 805. The number of hydrogen-bond donors (Lipinski definition) is 1. The van der Waals surface area contributed by atoms with Crippen molar-refractivity contribution < 1.29 is 8.42 Å². The standard InChI is InChI=1S/C11H7BrN2O2S3/c12-7-5-6-17-10(7)19(15,16)14-11-13-8-3-1-2-4-9(8)18-11/h1-6H,(H,13,14). The second-order valence-corrected chi connectivity index (χ2v) is 8.33. The van der Waals surface area contributed by atoms with Crippen molar-refractivity contribution >= 4 is 64.0 Å². The lowest BCUT2D eigenvalue weighted by Gasteiger charge is -2.02. The van der Waals surface area contributed by atoms with Gasteiger partial charge < -0.3 is 0 Å². The van der Waals surface area contributed by atoms with E-state index in [1.807, 2.05) is 24.3 Å². The van der Waals surface area contributed by atoms with Gasteiger partial charge in [0.2, 0.25) is 0 Å². The van der Waals surface area contributed by atoms with Gasteiger partial charge in [-0.15, -0.1) is 11.3 Å². The summed E-state index contributed by atoms with van der Waals surface area (Å²) < 4.78 is 28.7. The molecule has 1 aromatic carbocycles. The molecule has 3 aromatic rings. The Morgan fingerprint density at radius 3 is 2.68 bits per heavy atom. The Morgan fingerprint density at radius 1 is 1.21 bits per heavy atom. The number of hydrogen-bond acceptors (Lipinski definition) is 5. The number of halogens is 1. The fourth-order valence-electron chi connectivity index (χ4n) is 1.55. The summed E-state index contributed by atoms with van der Waals surface area (Å²) in [5.41, 5.74) is 0.787. The molecule has 0 fully saturated rings. The number of benzene rings is 1. The third-order valence-electron chi connectivity index (χ3n) is 2.34. The van der Waals surface area contributed by atoms with Gasteiger partial charge in [-0.3, -0.25) is 4.72 Å². The van der Waals surface area contributed by atoms with Crippen LogP contribution >= 0.6 is 38.6 Å². The van der Waals surface area contributed by atoms with E-state index in [9.17, 15) is 8.42 Å². The molecule has 0 atom stereocenters. The van der Waals surface area contributed by atoms with E-state index in [4.69, 9.17) is 0 Å². The molecule has 0 radical (unpaired) electrons. The molecule has 0 aliphatic carbocycles. The summed E-state index contributed by atoms with van der Waals surface area (Å²) in [6.45, 7) is 0. The minimum Gasteiger partial charge on any atom is -0.254 e. The van der Waals surface area contributed by atoms with Crippen molar-refractivity contribution in [2.24, 2.45) is 0 Å². The van der Waals surface area contributed by atoms with Crippen LogP contribution in [0, 0.1) is 0 Å². The van der Waals surface area contributed by atoms with E-state index >= 15 is 0 Å². The fraction of sp³-hybridized carbons (Fsp3) is 0. The van der Waals surface area contributed by atoms with Gasteiger partial charge in [-0.1, -0.05) is 23.5 Å². The third kappa shape index (κ3) is 2.53. The van der Waals surface area contributed by atoms with Crippen molar-refractivity contribution in [3.05, 3.63) is 40.2 Å². The Morgan fingerprint density at radius 2 is 2.00 bits per heavy atom. The normalized spacial score (nSPS) is 11.8. The molecule has 0 saturated heterocycles. The van der Waals surface area contributed by atoms with Crippen LogP contribution in [0.4, 0.5) is 5.13 Å². The minimum atomic E-state index is -3.58. The van der Waals surface area contributed by atoms with Crippen molar-refractivity contribution in [3.8, 4) is 0 Å². The van der Waals surface area contributed by atoms with Crippen molar-refractivity contribution in [3.63, 3.8) is 0 Å². The molecule has 0 spiro atoms. The molecule has 8 heteroatoms. The Balaban J connectivity index is 1.99. The maximum absolute atomic E-state index is 12.2. The molecule has 0 aliphatic heterocycles. The van der Waals surface area contributed by atoms with Crippen LogP contribution in [-0.4, -0.2) is 13.4 Å². The van der Waals surface area contributed by atoms with Gasteiger partial charge in [-0.2, -0.15) is 0 Å². The lowest BCUT2D eigenvalue weighted by molar-refractivity contribution is 0.603. The first-order valence-corrected chi connectivity index (χ1v) is 9.15. The van der Waals surface area contributed by atoms with Gasteiger partial charge in [0.15, 0.2) is 9.34 Å². The Hall–Kier alpha value is -0.960. The predicted octanol–water partition coefficient (Wildman–Crippen LogP) is 3.92. The summed E-state index contributed by atoms with van der Waals surface area (Å²) in [5, 5.41) is 2.10. The fourth-order valence-corrected chi connectivity index (χ4v) is 5.99. The maximum Gasteiger partial charge on any atom is 0.274 e. The summed E-state index contributed by atoms with van der Waals surface area (Å²) in [5.74, 6) is 0. The number of anilines is 1. The van der Waals surface area contributed by atoms with Crippen molar-refractivity contribution in [2.75, 3.05) is 4.72 Å². The van der Waals surface area contributed by atoms with E-state index in [1.54, 1.807) is 11.4 Å². The van der Waals surface area contributed by atoms with Crippen molar-refractivity contribution in [1.29, 1.82) is 0 Å². The molecule has 0 saturated carbocycles. The van der Waals surface area contributed by atoms with E-state index in [2.05, 4.69) is 25.6 Å². The smallest absolute Gasteiger partial charge is 0.254 e. The molecule has 98 valence electrons. The molecule has 0 unspecified atom stereocenters. The summed E-state index contributed by atoms with van der Waals surface area (Å²) in [7, 11) is -3.58. The highest BCUT2D eigenvalue weighted by Gasteiger charge is 2.20. The molecule has 0 amide bonds. The molecule has 0 aliphatic rings.